The van der Waals surface area contributed by atoms with Crippen LogP contribution in [0.1, 0.15) is 39.2 Å². The SMILES string of the molecule is CCCOc1ccc(CC(=O)N2CCN[C@H](C)C2)cc1OCCC. The molecule has 0 aliphatic carbocycles. The molecule has 1 amide bonds. The van der Waals surface area contributed by atoms with Crippen molar-refractivity contribution in [3.63, 3.8) is 0 Å². The summed E-state index contributed by atoms with van der Waals surface area (Å²) in [4.78, 5) is 14.5. The standard InChI is InChI=1S/C19H30N2O3/c1-4-10-23-17-7-6-16(12-18(17)24-11-5-2)13-19(22)21-9-8-20-15(3)14-21/h6-7,12,15,20H,4-5,8-11,13-14H2,1-3H3/t15-/m1/s1. The predicted octanol–water partition coefficient (Wildman–Crippen LogP) is 2.63. The molecular formula is C19H30N2O3. The van der Waals surface area contributed by atoms with E-state index in [9.17, 15) is 4.79 Å². The summed E-state index contributed by atoms with van der Waals surface area (Å²) in [6.07, 6.45) is 2.30. The first-order valence-electron chi connectivity index (χ1n) is 9.03. The van der Waals surface area contributed by atoms with Crippen molar-refractivity contribution in [2.75, 3.05) is 32.8 Å². The smallest absolute Gasteiger partial charge is 0.227 e. The van der Waals surface area contributed by atoms with E-state index >= 15 is 0 Å². The van der Waals surface area contributed by atoms with E-state index < -0.39 is 0 Å². The van der Waals surface area contributed by atoms with Crippen LogP contribution in [-0.4, -0.2) is 49.7 Å². The second-order valence-corrected chi connectivity index (χ2v) is 6.35. The summed E-state index contributed by atoms with van der Waals surface area (Å²) in [5, 5.41) is 3.36. The number of rotatable bonds is 8. The topological polar surface area (TPSA) is 50.8 Å². The number of amides is 1. The van der Waals surface area contributed by atoms with E-state index in [1.807, 2.05) is 23.1 Å². The molecule has 1 aliphatic heterocycles. The van der Waals surface area contributed by atoms with Crippen molar-refractivity contribution in [3.05, 3.63) is 23.8 Å². The predicted molar refractivity (Wildman–Crippen MR) is 95.8 cm³/mol. The van der Waals surface area contributed by atoms with Crippen LogP contribution in [-0.2, 0) is 11.2 Å². The van der Waals surface area contributed by atoms with E-state index in [0.29, 0.717) is 25.7 Å². The first-order chi connectivity index (χ1) is 11.6. The zero-order valence-corrected chi connectivity index (χ0v) is 15.1. The number of piperazine rings is 1. The van der Waals surface area contributed by atoms with E-state index in [4.69, 9.17) is 9.47 Å². The third-order valence-electron chi connectivity index (χ3n) is 4.01. The van der Waals surface area contributed by atoms with Crippen LogP contribution in [0, 0.1) is 0 Å². The molecule has 5 nitrogen and oxygen atoms in total. The van der Waals surface area contributed by atoms with Crippen molar-refractivity contribution >= 4 is 5.91 Å². The highest BCUT2D eigenvalue weighted by molar-refractivity contribution is 5.79. The number of hydrogen-bond acceptors (Lipinski definition) is 4. The Morgan fingerprint density at radius 3 is 2.58 bits per heavy atom. The van der Waals surface area contributed by atoms with Crippen LogP contribution in [0.2, 0.25) is 0 Å². The molecule has 0 saturated carbocycles. The Balaban J connectivity index is 2.04. The van der Waals surface area contributed by atoms with E-state index in [1.54, 1.807) is 0 Å². The molecule has 0 radical (unpaired) electrons. The number of carbonyl (C=O) groups is 1. The summed E-state index contributed by atoms with van der Waals surface area (Å²) in [5.41, 5.74) is 0.973. The van der Waals surface area contributed by atoms with Gasteiger partial charge in [0, 0.05) is 25.7 Å². The van der Waals surface area contributed by atoms with Crippen LogP contribution < -0.4 is 14.8 Å². The molecule has 1 N–H and O–H groups in total. The molecule has 2 rings (SSSR count). The Hall–Kier alpha value is -1.75. The molecular weight excluding hydrogens is 304 g/mol. The average molecular weight is 334 g/mol. The van der Waals surface area contributed by atoms with Gasteiger partial charge in [-0.2, -0.15) is 0 Å². The van der Waals surface area contributed by atoms with Crippen LogP contribution in [0.5, 0.6) is 11.5 Å². The number of hydrogen-bond donors (Lipinski definition) is 1. The third-order valence-corrected chi connectivity index (χ3v) is 4.01. The monoisotopic (exact) mass is 334 g/mol. The van der Waals surface area contributed by atoms with E-state index in [2.05, 4.69) is 26.1 Å². The number of carbonyl (C=O) groups excluding carboxylic acids is 1. The maximum Gasteiger partial charge on any atom is 0.227 e. The van der Waals surface area contributed by atoms with Gasteiger partial charge in [0.05, 0.1) is 19.6 Å². The largest absolute Gasteiger partial charge is 0.490 e. The summed E-state index contributed by atoms with van der Waals surface area (Å²) in [6, 6.07) is 6.19. The second kappa shape index (κ2) is 9.52. The van der Waals surface area contributed by atoms with E-state index in [0.717, 1.165) is 49.5 Å². The zero-order valence-electron chi connectivity index (χ0n) is 15.1. The van der Waals surface area contributed by atoms with Gasteiger partial charge in [-0.1, -0.05) is 19.9 Å². The molecule has 5 heteroatoms. The molecule has 1 aliphatic rings. The number of ether oxygens (including phenoxy) is 2. The van der Waals surface area contributed by atoms with Gasteiger partial charge in [0.2, 0.25) is 5.91 Å². The van der Waals surface area contributed by atoms with Crippen LogP contribution in [0.25, 0.3) is 0 Å². The minimum Gasteiger partial charge on any atom is -0.490 e. The lowest BCUT2D eigenvalue weighted by Gasteiger charge is -2.32. The van der Waals surface area contributed by atoms with Crippen LogP contribution in [0.4, 0.5) is 0 Å². The molecule has 24 heavy (non-hydrogen) atoms. The molecule has 0 bridgehead atoms. The van der Waals surface area contributed by atoms with Gasteiger partial charge in [-0.25, -0.2) is 0 Å². The molecule has 0 unspecified atom stereocenters. The average Bonchev–Trinajstić information content (AvgIpc) is 2.59. The summed E-state index contributed by atoms with van der Waals surface area (Å²) in [5.74, 6) is 1.67. The molecule has 1 aromatic rings. The second-order valence-electron chi connectivity index (χ2n) is 6.35. The Labute approximate surface area is 145 Å². The van der Waals surface area contributed by atoms with E-state index in [1.165, 1.54) is 0 Å². The molecule has 134 valence electrons. The first-order valence-corrected chi connectivity index (χ1v) is 9.03. The molecule has 0 spiro atoms. The fourth-order valence-corrected chi connectivity index (χ4v) is 2.76. The number of nitrogens with zero attached hydrogens (tertiary/aromatic N) is 1. The van der Waals surface area contributed by atoms with Gasteiger partial charge in [-0.05, 0) is 37.5 Å². The van der Waals surface area contributed by atoms with Crippen LogP contribution in [0.15, 0.2) is 18.2 Å². The minimum absolute atomic E-state index is 0.173. The molecule has 1 atom stereocenters. The summed E-state index contributed by atoms with van der Waals surface area (Å²) in [6.45, 7) is 9.99. The van der Waals surface area contributed by atoms with Crippen molar-refractivity contribution in [3.8, 4) is 11.5 Å². The van der Waals surface area contributed by atoms with Gasteiger partial charge in [-0.3, -0.25) is 4.79 Å². The first kappa shape index (κ1) is 18.6. The Morgan fingerprint density at radius 1 is 1.21 bits per heavy atom. The van der Waals surface area contributed by atoms with Gasteiger partial charge in [0.15, 0.2) is 11.5 Å². The van der Waals surface area contributed by atoms with Gasteiger partial charge in [0.1, 0.15) is 0 Å². The third kappa shape index (κ3) is 5.41. The van der Waals surface area contributed by atoms with Crippen molar-refractivity contribution in [2.24, 2.45) is 0 Å². The molecule has 1 aromatic carbocycles. The summed E-state index contributed by atoms with van der Waals surface area (Å²) < 4.78 is 11.6. The Kier molecular flexibility index (Phi) is 7.37. The lowest BCUT2D eigenvalue weighted by Crippen LogP contribution is -2.51. The fourth-order valence-electron chi connectivity index (χ4n) is 2.76. The highest BCUT2D eigenvalue weighted by Gasteiger charge is 2.21. The fraction of sp³-hybridized carbons (Fsp3) is 0.632. The van der Waals surface area contributed by atoms with Crippen molar-refractivity contribution in [1.29, 1.82) is 0 Å². The highest BCUT2D eigenvalue weighted by atomic mass is 16.5. The Bertz CT molecular complexity index is 533. The molecule has 1 saturated heterocycles. The maximum atomic E-state index is 12.5. The lowest BCUT2D eigenvalue weighted by molar-refractivity contribution is -0.131. The zero-order chi connectivity index (χ0) is 17.4. The van der Waals surface area contributed by atoms with Gasteiger partial charge < -0.3 is 19.7 Å². The number of nitrogens with one attached hydrogen (secondary N) is 1. The van der Waals surface area contributed by atoms with Gasteiger partial charge in [-0.15, -0.1) is 0 Å². The van der Waals surface area contributed by atoms with Gasteiger partial charge >= 0.3 is 0 Å². The maximum absolute atomic E-state index is 12.5. The molecule has 0 aromatic heterocycles. The van der Waals surface area contributed by atoms with Crippen molar-refractivity contribution in [2.45, 2.75) is 46.1 Å². The molecule has 1 heterocycles. The van der Waals surface area contributed by atoms with Gasteiger partial charge in [0.25, 0.3) is 0 Å². The van der Waals surface area contributed by atoms with E-state index in [-0.39, 0.29) is 5.91 Å². The lowest BCUT2D eigenvalue weighted by atomic mass is 10.1. The number of benzene rings is 1. The highest BCUT2D eigenvalue weighted by Crippen LogP contribution is 2.29. The quantitative estimate of drug-likeness (QED) is 0.794. The molecule has 1 fully saturated rings. The minimum atomic E-state index is 0.173. The summed E-state index contributed by atoms with van der Waals surface area (Å²) >= 11 is 0. The van der Waals surface area contributed by atoms with Crippen LogP contribution in [0.3, 0.4) is 0 Å². The van der Waals surface area contributed by atoms with Crippen molar-refractivity contribution in [1.82, 2.24) is 10.2 Å². The Morgan fingerprint density at radius 2 is 1.92 bits per heavy atom. The van der Waals surface area contributed by atoms with Crippen LogP contribution >= 0.6 is 0 Å². The normalized spacial score (nSPS) is 17.6. The summed E-state index contributed by atoms with van der Waals surface area (Å²) in [7, 11) is 0. The van der Waals surface area contributed by atoms with Crippen molar-refractivity contribution < 1.29 is 14.3 Å².